The molecule has 0 radical (unpaired) electrons. The summed E-state index contributed by atoms with van der Waals surface area (Å²) in [5.41, 5.74) is 0. The number of halogens is 4. The van der Waals surface area contributed by atoms with Crippen LogP contribution < -0.4 is 9.47 Å². The lowest BCUT2D eigenvalue weighted by Gasteiger charge is -2.33. The first-order chi connectivity index (χ1) is 15.0. The molecule has 0 amide bonds. The maximum Gasteiger partial charge on any atom is 0.129 e. The lowest BCUT2D eigenvalue weighted by molar-refractivity contribution is 0.116. The van der Waals surface area contributed by atoms with E-state index >= 15 is 0 Å². The highest BCUT2D eigenvalue weighted by Gasteiger charge is 2.20. The minimum Gasteiger partial charge on any atom is -0.492 e. The minimum atomic E-state index is -0.678. The average Bonchev–Trinajstić information content (AvgIpc) is 2.65. The molecule has 2 aromatic carbocycles. The molecule has 1 fully saturated rings. The van der Waals surface area contributed by atoms with Crippen molar-refractivity contribution in [2.24, 2.45) is 0 Å². The molecule has 1 aliphatic carbocycles. The molecule has 0 saturated heterocycles. The Morgan fingerprint density at radius 1 is 0.613 bits per heavy atom. The molecule has 0 bridgehead atoms. The first-order valence-corrected chi connectivity index (χ1v) is 10.9. The van der Waals surface area contributed by atoms with E-state index in [9.17, 15) is 17.6 Å². The second-order valence-electron chi connectivity index (χ2n) is 7.94. The Bertz CT molecular complexity index is 727. The van der Waals surface area contributed by atoms with Crippen LogP contribution in [0.25, 0.3) is 0 Å². The van der Waals surface area contributed by atoms with Gasteiger partial charge in [-0.3, -0.25) is 4.90 Å². The zero-order chi connectivity index (χ0) is 22.1. The van der Waals surface area contributed by atoms with Gasteiger partial charge in [0.05, 0.1) is 0 Å². The molecule has 170 valence electrons. The highest BCUT2D eigenvalue weighted by molar-refractivity contribution is 5.24. The largest absolute Gasteiger partial charge is 0.492 e. The van der Waals surface area contributed by atoms with Crippen molar-refractivity contribution < 1.29 is 27.0 Å². The molecule has 1 aliphatic rings. The van der Waals surface area contributed by atoms with E-state index < -0.39 is 23.3 Å². The summed E-state index contributed by atoms with van der Waals surface area (Å²) in [4.78, 5) is 2.25. The van der Waals surface area contributed by atoms with Crippen LogP contribution in [0, 0.1) is 23.3 Å². The van der Waals surface area contributed by atoms with Gasteiger partial charge in [0, 0.05) is 55.5 Å². The minimum absolute atomic E-state index is 0.154. The Morgan fingerprint density at radius 3 is 1.42 bits per heavy atom. The van der Waals surface area contributed by atoms with Gasteiger partial charge < -0.3 is 9.47 Å². The van der Waals surface area contributed by atoms with Crippen LogP contribution in [0.2, 0.25) is 0 Å². The van der Waals surface area contributed by atoms with Crippen molar-refractivity contribution in [3.05, 3.63) is 59.7 Å². The lowest BCUT2D eigenvalue weighted by Crippen LogP contribution is -2.41. The number of hydrogen-bond donors (Lipinski definition) is 0. The summed E-state index contributed by atoms with van der Waals surface area (Å²) in [6, 6.07) is 6.59. The fourth-order valence-electron chi connectivity index (χ4n) is 4.06. The van der Waals surface area contributed by atoms with Crippen molar-refractivity contribution in [2.45, 2.75) is 51.0 Å². The van der Waals surface area contributed by atoms with Gasteiger partial charge in [-0.1, -0.05) is 32.1 Å². The zero-order valence-electron chi connectivity index (χ0n) is 17.6. The Labute approximate surface area is 181 Å². The molecule has 0 spiro atoms. The monoisotopic (exact) mass is 439 g/mol. The molecule has 0 N–H and O–H groups in total. The van der Waals surface area contributed by atoms with Crippen molar-refractivity contribution in [1.82, 2.24) is 4.90 Å². The molecule has 7 heteroatoms. The smallest absolute Gasteiger partial charge is 0.129 e. The maximum atomic E-state index is 13.4. The normalized spacial score (nSPS) is 15.5. The average molecular weight is 439 g/mol. The number of hydrogen-bond acceptors (Lipinski definition) is 3. The third kappa shape index (κ3) is 8.05. The molecule has 0 unspecified atom stereocenters. The van der Waals surface area contributed by atoms with E-state index in [1.54, 1.807) is 0 Å². The standard InChI is InChI=1S/C24H29F4NO2/c25-18-12-19(26)15-23(14-18)30-10-8-29(22-6-4-2-1-3-5-7-22)9-11-31-24-16-20(27)13-21(28)17-24/h12-17,22H,1-11H2. The molecule has 3 nitrogen and oxygen atoms in total. The topological polar surface area (TPSA) is 21.7 Å². The van der Waals surface area contributed by atoms with Crippen LogP contribution in [-0.4, -0.2) is 37.2 Å². The van der Waals surface area contributed by atoms with Crippen LogP contribution in [0.4, 0.5) is 17.6 Å². The summed E-state index contributed by atoms with van der Waals surface area (Å²) in [6.07, 6.45) is 8.09. The molecule has 1 saturated carbocycles. The van der Waals surface area contributed by atoms with Gasteiger partial charge in [-0.25, -0.2) is 17.6 Å². The number of ether oxygens (including phenoxy) is 2. The fourth-order valence-corrected chi connectivity index (χ4v) is 4.06. The molecule has 2 aromatic rings. The maximum absolute atomic E-state index is 13.4. The van der Waals surface area contributed by atoms with Gasteiger partial charge in [0.15, 0.2) is 0 Å². The summed E-state index contributed by atoms with van der Waals surface area (Å²) in [5, 5.41) is 0. The van der Waals surface area contributed by atoms with Gasteiger partial charge >= 0.3 is 0 Å². The van der Waals surface area contributed by atoms with E-state index in [0.29, 0.717) is 19.1 Å². The highest BCUT2D eigenvalue weighted by Crippen LogP contribution is 2.22. The first-order valence-electron chi connectivity index (χ1n) is 10.9. The van der Waals surface area contributed by atoms with Crippen LogP contribution in [-0.2, 0) is 0 Å². The number of benzene rings is 2. The Hall–Kier alpha value is -2.28. The predicted molar refractivity (Wildman–Crippen MR) is 111 cm³/mol. The summed E-state index contributed by atoms with van der Waals surface area (Å²) in [6.45, 7) is 1.66. The molecule has 0 atom stereocenters. The van der Waals surface area contributed by atoms with Gasteiger partial charge in [0.25, 0.3) is 0 Å². The van der Waals surface area contributed by atoms with E-state index in [1.807, 2.05) is 0 Å². The van der Waals surface area contributed by atoms with E-state index in [1.165, 1.54) is 19.3 Å². The van der Waals surface area contributed by atoms with Crippen LogP contribution in [0.5, 0.6) is 11.5 Å². The predicted octanol–water partition coefficient (Wildman–Crippen LogP) is 6.12. The van der Waals surface area contributed by atoms with Gasteiger partial charge in [-0.05, 0) is 12.8 Å². The van der Waals surface area contributed by atoms with Gasteiger partial charge in [-0.15, -0.1) is 0 Å². The number of nitrogens with zero attached hydrogens (tertiary/aromatic N) is 1. The van der Waals surface area contributed by atoms with E-state index in [0.717, 1.165) is 62.1 Å². The molecule has 0 aliphatic heterocycles. The SMILES string of the molecule is Fc1cc(F)cc(OCCN(CCOc2cc(F)cc(F)c2)C2CCCCCCC2)c1. The van der Waals surface area contributed by atoms with Crippen molar-refractivity contribution >= 4 is 0 Å². The Kier molecular flexibility index (Phi) is 9.00. The summed E-state index contributed by atoms with van der Waals surface area (Å²) in [5.74, 6) is -2.40. The van der Waals surface area contributed by atoms with E-state index in [2.05, 4.69) is 4.90 Å². The lowest BCUT2D eigenvalue weighted by atomic mass is 9.95. The first kappa shape index (κ1) is 23.4. The van der Waals surface area contributed by atoms with Gasteiger partial charge in [-0.2, -0.15) is 0 Å². The Balaban J connectivity index is 1.58. The molecule has 0 aromatic heterocycles. The van der Waals surface area contributed by atoms with Crippen LogP contribution >= 0.6 is 0 Å². The van der Waals surface area contributed by atoms with Crippen LogP contribution in [0.1, 0.15) is 44.9 Å². The van der Waals surface area contributed by atoms with E-state index in [-0.39, 0.29) is 24.7 Å². The fraction of sp³-hybridized carbons (Fsp3) is 0.500. The van der Waals surface area contributed by atoms with Crippen molar-refractivity contribution in [3.8, 4) is 11.5 Å². The van der Waals surface area contributed by atoms with E-state index in [4.69, 9.17) is 9.47 Å². The second-order valence-corrected chi connectivity index (χ2v) is 7.94. The molecule has 31 heavy (non-hydrogen) atoms. The van der Waals surface area contributed by atoms with Crippen molar-refractivity contribution in [3.63, 3.8) is 0 Å². The molecular formula is C24H29F4NO2. The third-order valence-electron chi connectivity index (χ3n) is 5.56. The summed E-state index contributed by atoms with van der Waals surface area (Å²) < 4.78 is 64.6. The molecule has 0 heterocycles. The Morgan fingerprint density at radius 2 is 1.00 bits per heavy atom. The third-order valence-corrected chi connectivity index (χ3v) is 5.56. The van der Waals surface area contributed by atoms with Crippen LogP contribution in [0.15, 0.2) is 36.4 Å². The molecule has 3 rings (SSSR count). The highest BCUT2D eigenvalue weighted by atomic mass is 19.1. The quantitative estimate of drug-likeness (QED) is 0.440. The van der Waals surface area contributed by atoms with Crippen LogP contribution in [0.3, 0.4) is 0 Å². The number of rotatable bonds is 9. The molecular weight excluding hydrogens is 410 g/mol. The van der Waals surface area contributed by atoms with Gasteiger partial charge in [0.1, 0.15) is 48.0 Å². The van der Waals surface area contributed by atoms with Crippen molar-refractivity contribution in [1.29, 1.82) is 0 Å². The zero-order valence-corrected chi connectivity index (χ0v) is 17.6. The second kappa shape index (κ2) is 11.9. The van der Waals surface area contributed by atoms with Crippen molar-refractivity contribution in [2.75, 3.05) is 26.3 Å². The van der Waals surface area contributed by atoms with Gasteiger partial charge in [0.2, 0.25) is 0 Å². The summed E-state index contributed by atoms with van der Waals surface area (Å²) >= 11 is 0. The summed E-state index contributed by atoms with van der Waals surface area (Å²) in [7, 11) is 0.